The summed E-state index contributed by atoms with van der Waals surface area (Å²) in [6.45, 7) is 0. The molecule has 0 N–H and O–H groups in total. The zero-order valence-electron chi connectivity index (χ0n) is 10.5. The third kappa shape index (κ3) is 4.32. The van der Waals surface area contributed by atoms with E-state index in [9.17, 15) is 4.39 Å². The maximum atomic E-state index is 13.0. The first-order chi connectivity index (χ1) is 9.19. The van der Waals surface area contributed by atoms with E-state index < -0.39 is 0 Å². The zero-order chi connectivity index (χ0) is 13.7. The summed E-state index contributed by atoms with van der Waals surface area (Å²) in [6.07, 6.45) is 1.83. The van der Waals surface area contributed by atoms with E-state index in [1.165, 1.54) is 17.7 Å². The lowest BCUT2D eigenvalue weighted by Gasteiger charge is -2.15. The van der Waals surface area contributed by atoms with Crippen molar-refractivity contribution in [1.82, 2.24) is 0 Å². The van der Waals surface area contributed by atoms with E-state index >= 15 is 0 Å². The number of halogens is 3. The second kappa shape index (κ2) is 7.06. The van der Waals surface area contributed by atoms with Crippen molar-refractivity contribution in [3.8, 4) is 0 Å². The molecule has 0 amide bonds. The number of rotatable bonds is 5. The highest BCUT2D eigenvalue weighted by Gasteiger charge is 2.12. The Bertz CT molecular complexity index is 528. The van der Waals surface area contributed by atoms with Crippen LogP contribution in [0.1, 0.15) is 11.1 Å². The van der Waals surface area contributed by atoms with Crippen LogP contribution in [0.15, 0.2) is 48.5 Å². The van der Waals surface area contributed by atoms with E-state index in [-0.39, 0.29) is 5.82 Å². The van der Waals surface area contributed by atoms with Crippen molar-refractivity contribution in [3.05, 3.63) is 70.5 Å². The van der Waals surface area contributed by atoms with Gasteiger partial charge in [-0.05, 0) is 42.0 Å². The first-order valence-corrected chi connectivity index (χ1v) is 7.73. The summed E-state index contributed by atoms with van der Waals surface area (Å²) in [6, 6.07) is 15.0. The van der Waals surface area contributed by atoms with Crippen LogP contribution in [0.5, 0.6) is 0 Å². The minimum absolute atomic E-state index is 0.285. The average molecular weight is 342 g/mol. The van der Waals surface area contributed by atoms with Crippen molar-refractivity contribution < 1.29 is 4.39 Å². The predicted molar refractivity (Wildman–Crippen MR) is 82.5 cm³/mol. The molecule has 100 valence electrons. The summed E-state index contributed by atoms with van der Waals surface area (Å²) in [4.78, 5) is 0. The molecule has 0 fully saturated rings. The molecular formula is C16H15BrClF. The molecule has 0 spiro atoms. The average Bonchev–Trinajstić information content (AvgIpc) is 2.42. The van der Waals surface area contributed by atoms with Crippen molar-refractivity contribution in [1.29, 1.82) is 0 Å². The van der Waals surface area contributed by atoms with Gasteiger partial charge in [0.05, 0.1) is 0 Å². The molecule has 0 aromatic heterocycles. The van der Waals surface area contributed by atoms with Gasteiger partial charge in [-0.3, -0.25) is 0 Å². The molecule has 1 unspecified atom stereocenters. The molecule has 0 saturated heterocycles. The van der Waals surface area contributed by atoms with Gasteiger partial charge in [0, 0.05) is 10.4 Å². The molecule has 2 rings (SSSR count). The van der Waals surface area contributed by atoms with Crippen molar-refractivity contribution >= 4 is 27.5 Å². The van der Waals surface area contributed by atoms with Gasteiger partial charge in [-0.15, -0.1) is 0 Å². The molecule has 2 aromatic carbocycles. The molecule has 0 aliphatic heterocycles. The molecule has 0 saturated carbocycles. The summed E-state index contributed by atoms with van der Waals surface area (Å²) < 4.78 is 13.0. The Morgan fingerprint density at radius 2 is 1.79 bits per heavy atom. The van der Waals surface area contributed by atoms with Crippen molar-refractivity contribution in [2.45, 2.75) is 12.8 Å². The number of alkyl halides is 1. The predicted octanol–water partition coefficient (Wildman–Crippen LogP) is 5.28. The molecule has 0 aliphatic rings. The van der Waals surface area contributed by atoms with Crippen molar-refractivity contribution in [2.24, 2.45) is 5.92 Å². The van der Waals surface area contributed by atoms with Gasteiger partial charge in [0.1, 0.15) is 5.82 Å². The maximum absolute atomic E-state index is 13.0. The standard InChI is InChI=1S/C16H15BrClF/c17-11-13(8-12-4-2-1-3-5-12)9-14-6-7-15(19)10-16(14)18/h1-7,10,13H,8-9,11H2. The molecule has 0 radical (unpaired) electrons. The van der Waals surface area contributed by atoms with E-state index in [4.69, 9.17) is 11.6 Å². The highest BCUT2D eigenvalue weighted by Crippen LogP contribution is 2.23. The number of hydrogen-bond acceptors (Lipinski definition) is 0. The van der Waals surface area contributed by atoms with E-state index in [0.717, 1.165) is 23.7 Å². The van der Waals surface area contributed by atoms with Crippen LogP contribution in [0.25, 0.3) is 0 Å². The lowest BCUT2D eigenvalue weighted by Crippen LogP contribution is -2.10. The van der Waals surface area contributed by atoms with Crippen LogP contribution in [0.2, 0.25) is 5.02 Å². The second-order valence-corrected chi connectivity index (χ2v) is 5.70. The zero-order valence-corrected chi connectivity index (χ0v) is 12.8. The maximum Gasteiger partial charge on any atom is 0.124 e. The summed E-state index contributed by atoms with van der Waals surface area (Å²) >= 11 is 9.63. The number of benzene rings is 2. The summed E-state index contributed by atoms with van der Waals surface area (Å²) in [5.74, 6) is 0.164. The molecule has 2 aromatic rings. The Balaban J connectivity index is 2.06. The molecular weight excluding hydrogens is 327 g/mol. The highest BCUT2D eigenvalue weighted by molar-refractivity contribution is 9.09. The van der Waals surface area contributed by atoms with Gasteiger partial charge >= 0.3 is 0 Å². The van der Waals surface area contributed by atoms with Crippen LogP contribution in [-0.2, 0) is 12.8 Å². The fourth-order valence-electron chi connectivity index (χ4n) is 2.13. The van der Waals surface area contributed by atoms with Crippen LogP contribution in [0, 0.1) is 11.7 Å². The first kappa shape index (κ1) is 14.5. The fourth-order valence-corrected chi connectivity index (χ4v) is 2.83. The molecule has 19 heavy (non-hydrogen) atoms. The minimum Gasteiger partial charge on any atom is -0.207 e. The molecule has 3 heteroatoms. The van der Waals surface area contributed by atoms with Gasteiger partial charge in [-0.1, -0.05) is 63.9 Å². The Labute approximate surface area is 126 Å². The van der Waals surface area contributed by atoms with Crippen molar-refractivity contribution in [2.75, 3.05) is 5.33 Å². The monoisotopic (exact) mass is 340 g/mol. The normalized spacial score (nSPS) is 12.4. The van der Waals surface area contributed by atoms with Crippen LogP contribution >= 0.6 is 27.5 Å². The lowest BCUT2D eigenvalue weighted by atomic mass is 9.94. The van der Waals surface area contributed by atoms with Gasteiger partial charge in [0.25, 0.3) is 0 Å². The smallest absolute Gasteiger partial charge is 0.124 e. The first-order valence-electron chi connectivity index (χ1n) is 6.23. The minimum atomic E-state index is -0.285. The highest BCUT2D eigenvalue weighted by atomic mass is 79.9. The summed E-state index contributed by atoms with van der Waals surface area (Å²) in [5.41, 5.74) is 2.31. The van der Waals surface area contributed by atoms with Crippen LogP contribution in [0.4, 0.5) is 4.39 Å². The van der Waals surface area contributed by atoms with E-state index in [0.29, 0.717) is 10.9 Å². The molecule has 0 nitrogen and oxygen atoms in total. The van der Waals surface area contributed by atoms with E-state index in [1.54, 1.807) is 6.07 Å². The van der Waals surface area contributed by atoms with E-state index in [1.807, 2.05) is 18.2 Å². The van der Waals surface area contributed by atoms with Gasteiger partial charge in [0.15, 0.2) is 0 Å². The quantitative estimate of drug-likeness (QED) is 0.649. The summed E-state index contributed by atoms with van der Waals surface area (Å²) in [5, 5.41) is 1.41. The Hall–Kier alpha value is -0.860. The SMILES string of the molecule is Fc1ccc(CC(CBr)Cc2ccccc2)c(Cl)c1. The van der Waals surface area contributed by atoms with Gasteiger partial charge in [-0.2, -0.15) is 0 Å². The topological polar surface area (TPSA) is 0 Å². The number of hydrogen-bond donors (Lipinski definition) is 0. The van der Waals surface area contributed by atoms with Gasteiger partial charge in [-0.25, -0.2) is 4.39 Å². The van der Waals surface area contributed by atoms with Gasteiger partial charge in [0.2, 0.25) is 0 Å². The molecule has 0 heterocycles. The Morgan fingerprint density at radius 1 is 1.05 bits per heavy atom. The van der Waals surface area contributed by atoms with Crippen molar-refractivity contribution in [3.63, 3.8) is 0 Å². The van der Waals surface area contributed by atoms with E-state index in [2.05, 4.69) is 28.1 Å². The summed E-state index contributed by atoms with van der Waals surface area (Å²) in [7, 11) is 0. The Kier molecular flexibility index (Phi) is 5.41. The van der Waals surface area contributed by atoms with Crippen LogP contribution in [0.3, 0.4) is 0 Å². The van der Waals surface area contributed by atoms with Crippen LogP contribution < -0.4 is 0 Å². The molecule has 0 aliphatic carbocycles. The lowest BCUT2D eigenvalue weighted by molar-refractivity contribution is 0.588. The fraction of sp³-hybridized carbons (Fsp3) is 0.250. The molecule has 0 bridgehead atoms. The Morgan fingerprint density at radius 3 is 2.42 bits per heavy atom. The molecule has 1 atom stereocenters. The third-order valence-corrected chi connectivity index (χ3v) is 4.38. The van der Waals surface area contributed by atoms with Gasteiger partial charge < -0.3 is 0 Å². The van der Waals surface area contributed by atoms with Crippen LogP contribution in [-0.4, -0.2) is 5.33 Å². The second-order valence-electron chi connectivity index (χ2n) is 4.65. The third-order valence-electron chi connectivity index (χ3n) is 3.11. The largest absolute Gasteiger partial charge is 0.207 e.